The molecule has 1 fully saturated rings. The Kier molecular flexibility index (Phi) is 6.36. The molecule has 1 amide bonds. The van der Waals surface area contributed by atoms with Crippen molar-refractivity contribution >= 4 is 23.6 Å². The highest BCUT2D eigenvalue weighted by molar-refractivity contribution is 8.00. The molecule has 1 atom stereocenters. The van der Waals surface area contributed by atoms with E-state index >= 15 is 0 Å². The van der Waals surface area contributed by atoms with Gasteiger partial charge < -0.3 is 15.3 Å². The number of amides is 1. The normalized spacial score (nSPS) is 21.1. The second kappa shape index (κ2) is 7.55. The van der Waals surface area contributed by atoms with Crippen molar-refractivity contribution in [2.45, 2.75) is 25.3 Å². The number of nitrogens with zero attached hydrogens (tertiary/aromatic N) is 1. The highest BCUT2D eigenvalue weighted by atomic mass is 32.2. The number of carbonyl (C=O) groups excluding carboxylic acids is 1. The molecule has 0 aromatic carbocycles. The Bertz CT molecular complexity index is 273. The average molecular weight is 260 g/mol. The maximum Gasteiger partial charge on any atom is 0.313 e. The summed E-state index contributed by atoms with van der Waals surface area (Å²) in [6, 6.07) is 0.428. The molecular formula is C11H20N2O3S. The maximum absolute atomic E-state index is 11.4. The molecule has 0 aromatic heterocycles. The summed E-state index contributed by atoms with van der Waals surface area (Å²) in [4.78, 5) is 24.0. The summed E-state index contributed by atoms with van der Waals surface area (Å²) < 4.78 is 0. The quantitative estimate of drug-likeness (QED) is 0.723. The van der Waals surface area contributed by atoms with Crippen LogP contribution in [0.2, 0.25) is 0 Å². The molecule has 0 aliphatic carbocycles. The molecular weight excluding hydrogens is 240 g/mol. The molecule has 1 rings (SSSR count). The molecule has 1 aliphatic heterocycles. The Balaban J connectivity index is 2.12. The highest BCUT2D eigenvalue weighted by Gasteiger charge is 2.19. The van der Waals surface area contributed by atoms with Crippen LogP contribution in [-0.2, 0) is 9.59 Å². The minimum Gasteiger partial charge on any atom is -0.481 e. The Labute approximate surface area is 106 Å². The molecule has 0 aromatic rings. The lowest BCUT2D eigenvalue weighted by atomic mass is 10.0. The lowest BCUT2D eigenvalue weighted by Gasteiger charge is -2.32. The third-order valence-electron chi connectivity index (χ3n) is 2.92. The zero-order valence-electron chi connectivity index (χ0n) is 10.1. The smallest absolute Gasteiger partial charge is 0.313 e. The lowest BCUT2D eigenvalue weighted by Crippen LogP contribution is -2.44. The van der Waals surface area contributed by atoms with E-state index in [0.29, 0.717) is 12.6 Å². The first-order valence-corrected chi connectivity index (χ1v) is 7.01. The van der Waals surface area contributed by atoms with E-state index in [4.69, 9.17) is 5.11 Å². The van der Waals surface area contributed by atoms with Gasteiger partial charge in [0.15, 0.2) is 0 Å². The molecule has 98 valence electrons. The number of likely N-dealkylation sites (tertiary alicyclic amines) is 1. The van der Waals surface area contributed by atoms with Crippen molar-refractivity contribution in [3.05, 3.63) is 0 Å². The van der Waals surface area contributed by atoms with Crippen molar-refractivity contribution < 1.29 is 14.7 Å². The topological polar surface area (TPSA) is 69.6 Å². The van der Waals surface area contributed by atoms with Crippen LogP contribution in [0.1, 0.15) is 19.3 Å². The van der Waals surface area contributed by atoms with Crippen LogP contribution >= 0.6 is 11.8 Å². The van der Waals surface area contributed by atoms with Gasteiger partial charge in [0.25, 0.3) is 0 Å². The van der Waals surface area contributed by atoms with Gasteiger partial charge in [0.2, 0.25) is 5.91 Å². The lowest BCUT2D eigenvalue weighted by molar-refractivity contribution is -0.133. The Morgan fingerprint density at radius 3 is 2.82 bits per heavy atom. The summed E-state index contributed by atoms with van der Waals surface area (Å²) in [6.45, 7) is 1.76. The number of rotatable bonds is 6. The Morgan fingerprint density at radius 2 is 2.18 bits per heavy atom. The predicted molar refractivity (Wildman–Crippen MR) is 68.2 cm³/mol. The fraction of sp³-hybridized carbons (Fsp3) is 0.818. The fourth-order valence-electron chi connectivity index (χ4n) is 1.92. The molecule has 0 saturated carbocycles. The number of thioether (sulfide) groups is 1. The predicted octanol–water partition coefficient (Wildman–Crippen LogP) is 0.405. The van der Waals surface area contributed by atoms with Gasteiger partial charge in [0.05, 0.1) is 11.5 Å². The highest BCUT2D eigenvalue weighted by Crippen LogP contribution is 2.13. The van der Waals surface area contributed by atoms with Gasteiger partial charge in [-0.25, -0.2) is 0 Å². The third kappa shape index (κ3) is 5.93. The number of carbonyl (C=O) groups is 2. The van der Waals surface area contributed by atoms with E-state index in [1.165, 1.54) is 12.8 Å². The summed E-state index contributed by atoms with van der Waals surface area (Å²) in [5, 5.41) is 11.3. The van der Waals surface area contributed by atoms with E-state index in [9.17, 15) is 9.59 Å². The van der Waals surface area contributed by atoms with Crippen molar-refractivity contribution in [3.63, 3.8) is 0 Å². The first-order chi connectivity index (χ1) is 8.09. The van der Waals surface area contributed by atoms with Gasteiger partial charge >= 0.3 is 5.97 Å². The molecule has 1 saturated heterocycles. The van der Waals surface area contributed by atoms with Gasteiger partial charge in [-0.05, 0) is 26.4 Å². The van der Waals surface area contributed by atoms with Gasteiger partial charge in [-0.3, -0.25) is 9.59 Å². The van der Waals surface area contributed by atoms with E-state index in [-0.39, 0.29) is 17.4 Å². The minimum absolute atomic E-state index is 0.0171. The molecule has 5 nitrogen and oxygen atoms in total. The number of aliphatic carboxylic acids is 1. The largest absolute Gasteiger partial charge is 0.481 e. The van der Waals surface area contributed by atoms with E-state index in [2.05, 4.69) is 17.3 Å². The first-order valence-electron chi connectivity index (χ1n) is 5.86. The summed E-state index contributed by atoms with van der Waals surface area (Å²) >= 11 is 1.13. The summed E-state index contributed by atoms with van der Waals surface area (Å²) in [7, 11) is 2.08. The van der Waals surface area contributed by atoms with Crippen molar-refractivity contribution in [2.75, 3.05) is 31.6 Å². The zero-order valence-corrected chi connectivity index (χ0v) is 11.0. The SMILES string of the molecule is CN1CCCCC1CNC(=O)CSCC(=O)O. The first kappa shape index (κ1) is 14.3. The van der Waals surface area contributed by atoms with Crippen LogP contribution in [0, 0.1) is 0 Å². The van der Waals surface area contributed by atoms with Gasteiger partial charge in [0.1, 0.15) is 0 Å². The van der Waals surface area contributed by atoms with E-state index < -0.39 is 5.97 Å². The average Bonchev–Trinajstić information content (AvgIpc) is 2.27. The minimum atomic E-state index is -0.880. The summed E-state index contributed by atoms with van der Waals surface area (Å²) in [6.07, 6.45) is 3.58. The molecule has 6 heteroatoms. The van der Waals surface area contributed by atoms with Crippen molar-refractivity contribution in [3.8, 4) is 0 Å². The van der Waals surface area contributed by atoms with Gasteiger partial charge in [-0.2, -0.15) is 0 Å². The summed E-state index contributed by atoms with van der Waals surface area (Å²) in [5.41, 5.74) is 0. The van der Waals surface area contributed by atoms with Gasteiger partial charge in [-0.15, -0.1) is 11.8 Å². The third-order valence-corrected chi connectivity index (χ3v) is 3.83. The van der Waals surface area contributed by atoms with Crippen LogP contribution in [0.4, 0.5) is 0 Å². The second-order valence-electron chi connectivity index (χ2n) is 4.32. The second-order valence-corrected chi connectivity index (χ2v) is 5.31. The zero-order chi connectivity index (χ0) is 12.7. The number of hydrogen-bond acceptors (Lipinski definition) is 4. The number of likely N-dealkylation sites (N-methyl/N-ethyl adjacent to an activating group) is 1. The number of nitrogens with one attached hydrogen (secondary N) is 1. The van der Waals surface area contributed by atoms with Crippen LogP contribution in [0.3, 0.4) is 0 Å². The Hall–Kier alpha value is -0.750. The van der Waals surface area contributed by atoms with Crippen molar-refractivity contribution in [2.24, 2.45) is 0 Å². The van der Waals surface area contributed by atoms with E-state index in [1.807, 2.05) is 0 Å². The number of carboxylic acid groups (broad SMARTS) is 1. The van der Waals surface area contributed by atoms with Gasteiger partial charge in [-0.1, -0.05) is 6.42 Å². The van der Waals surface area contributed by atoms with Crippen molar-refractivity contribution in [1.82, 2.24) is 10.2 Å². The summed E-state index contributed by atoms with van der Waals surface area (Å²) in [5.74, 6) is -0.746. The standard InChI is InChI=1S/C11H20N2O3S/c1-13-5-3-2-4-9(13)6-12-10(14)7-17-8-11(15)16/h9H,2-8H2,1H3,(H,12,14)(H,15,16). The maximum atomic E-state index is 11.4. The Morgan fingerprint density at radius 1 is 1.41 bits per heavy atom. The number of carboxylic acids is 1. The molecule has 0 bridgehead atoms. The molecule has 1 heterocycles. The van der Waals surface area contributed by atoms with Crippen molar-refractivity contribution in [1.29, 1.82) is 0 Å². The monoisotopic (exact) mass is 260 g/mol. The van der Waals surface area contributed by atoms with E-state index in [0.717, 1.165) is 24.7 Å². The van der Waals surface area contributed by atoms with Crippen LogP contribution in [0.15, 0.2) is 0 Å². The molecule has 2 N–H and O–H groups in total. The molecule has 0 spiro atoms. The van der Waals surface area contributed by atoms with Crippen LogP contribution in [-0.4, -0.2) is 59.6 Å². The van der Waals surface area contributed by atoms with Gasteiger partial charge in [0, 0.05) is 12.6 Å². The fourth-order valence-corrected chi connectivity index (χ4v) is 2.48. The molecule has 0 radical (unpaired) electrons. The van der Waals surface area contributed by atoms with Crippen LogP contribution < -0.4 is 5.32 Å². The molecule has 17 heavy (non-hydrogen) atoms. The molecule has 1 aliphatic rings. The molecule has 1 unspecified atom stereocenters. The van der Waals surface area contributed by atoms with E-state index in [1.54, 1.807) is 0 Å². The number of piperidine rings is 1. The van der Waals surface area contributed by atoms with Crippen LogP contribution in [0.25, 0.3) is 0 Å². The van der Waals surface area contributed by atoms with Crippen LogP contribution in [0.5, 0.6) is 0 Å². The number of hydrogen-bond donors (Lipinski definition) is 2.